The lowest BCUT2D eigenvalue weighted by Crippen LogP contribution is -2.38. The van der Waals surface area contributed by atoms with Crippen LogP contribution < -0.4 is 10.1 Å². The summed E-state index contributed by atoms with van der Waals surface area (Å²) in [4.78, 5) is 0. The maximum Gasteiger partial charge on any atom is 0.141 e. The van der Waals surface area contributed by atoms with E-state index in [1.807, 2.05) is 60.7 Å². The third-order valence-electron chi connectivity index (χ3n) is 4.19. The summed E-state index contributed by atoms with van der Waals surface area (Å²) in [5.41, 5.74) is 1.55. The highest BCUT2D eigenvalue weighted by atomic mass is 19.1. The highest BCUT2D eigenvalue weighted by Crippen LogP contribution is 2.24. The molecular weight excluding hydrogens is 329 g/mol. The van der Waals surface area contributed by atoms with Gasteiger partial charge in [0.2, 0.25) is 0 Å². The van der Waals surface area contributed by atoms with Crippen molar-refractivity contribution in [2.75, 3.05) is 6.61 Å². The van der Waals surface area contributed by atoms with Crippen LogP contribution >= 0.6 is 0 Å². The molecule has 0 amide bonds. The number of rotatable bonds is 8. The van der Waals surface area contributed by atoms with Gasteiger partial charge in [-0.15, -0.1) is 0 Å². The number of para-hydroxylation sites is 1. The smallest absolute Gasteiger partial charge is 0.141 e. The van der Waals surface area contributed by atoms with E-state index >= 15 is 0 Å². The van der Waals surface area contributed by atoms with Gasteiger partial charge in [0.15, 0.2) is 0 Å². The third-order valence-corrected chi connectivity index (χ3v) is 4.19. The summed E-state index contributed by atoms with van der Waals surface area (Å²) in [5.74, 6) is 0.308. The molecule has 0 bridgehead atoms. The first kappa shape index (κ1) is 18.1. The number of ether oxygens (including phenoxy) is 1. The van der Waals surface area contributed by atoms with Crippen LogP contribution in [0.2, 0.25) is 0 Å². The summed E-state index contributed by atoms with van der Waals surface area (Å²) in [6, 6.07) is 25.2. The average molecular weight is 351 g/mol. The number of aliphatic hydroxyl groups excluding tert-OH is 1. The Kier molecular flexibility index (Phi) is 6.36. The molecule has 0 saturated carbocycles. The van der Waals surface area contributed by atoms with E-state index in [-0.39, 0.29) is 12.4 Å². The minimum atomic E-state index is -0.627. The molecule has 3 aromatic carbocycles. The molecule has 0 aliphatic rings. The zero-order chi connectivity index (χ0) is 18.2. The Labute approximate surface area is 153 Å². The second-order valence-corrected chi connectivity index (χ2v) is 6.02. The normalized spacial score (nSPS) is 13.2. The molecule has 0 spiro atoms. The predicted octanol–water partition coefficient (Wildman–Crippen LogP) is 4.10. The molecule has 3 rings (SSSR count). The number of benzene rings is 3. The Morgan fingerprint density at radius 2 is 1.46 bits per heavy atom. The summed E-state index contributed by atoms with van der Waals surface area (Å²) in [7, 11) is 0. The second kappa shape index (κ2) is 9.13. The number of hydrogen-bond acceptors (Lipinski definition) is 3. The number of nitrogens with one attached hydrogen (secondary N) is 1. The zero-order valence-electron chi connectivity index (χ0n) is 14.4. The second-order valence-electron chi connectivity index (χ2n) is 6.02. The zero-order valence-corrected chi connectivity index (χ0v) is 14.4. The van der Waals surface area contributed by atoms with E-state index in [0.29, 0.717) is 17.9 Å². The maximum absolute atomic E-state index is 14.4. The quantitative estimate of drug-likeness (QED) is 0.642. The fraction of sp³-hybridized carbons (Fsp3) is 0.182. The largest absolute Gasteiger partial charge is 0.486 e. The van der Waals surface area contributed by atoms with E-state index in [2.05, 4.69) is 5.32 Å². The summed E-state index contributed by atoms with van der Waals surface area (Å²) >= 11 is 0. The molecule has 0 unspecified atom stereocenters. The van der Waals surface area contributed by atoms with E-state index < -0.39 is 12.1 Å². The van der Waals surface area contributed by atoms with Crippen LogP contribution in [0, 0.1) is 5.82 Å². The number of hydrogen-bond donors (Lipinski definition) is 2. The van der Waals surface area contributed by atoms with Gasteiger partial charge < -0.3 is 15.2 Å². The molecule has 2 N–H and O–H groups in total. The first-order valence-corrected chi connectivity index (χ1v) is 8.62. The molecular formula is C22H22FNO2. The molecule has 0 heterocycles. The Morgan fingerprint density at radius 1 is 0.846 bits per heavy atom. The van der Waals surface area contributed by atoms with Gasteiger partial charge in [-0.25, -0.2) is 4.39 Å². The van der Waals surface area contributed by atoms with Crippen molar-refractivity contribution in [3.05, 3.63) is 102 Å². The Morgan fingerprint density at radius 3 is 2.12 bits per heavy atom. The van der Waals surface area contributed by atoms with Gasteiger partial charge in [-0.05, 0) is 23.8 Å². The van der Waals surface area contributed by atoms with Gasteiger partial charge in [0.05, 0.1) is 12.6 Å². The highest BCUT2D eigenvalue weighted by molar-refractivity contribution is 5.26. The number of aliphatic hydroxyl groups is 1. The molecule has 3 aromatic rings. The van der Waals surface area contributed by atoms with Crippen molar-refractivity contribution in [2.24, 2.45) is 0 Å². The lowest BCUT2D eigenvalue weighted by atomic mass is 10.00. The molecule has 0 aromatic heterocycles. The molecule has 134 valence electrons. The van der Waals surface area contributed by atoms with Crippen LogP contribution in [0.3, 0.4) is 0 Å². The van der Waals surface area contributed by atoms with Crippen LogP contribution in [0.25, 0.3) is 0 Å². The van der Waals surface area contributed by atoms with Crippen molar-refractivity contribution in [1.29, 1.82) is 0 Å². The first-order chi connectivity index (χ1) is 12.8. The van der Waals surface area contributed by atoms with Crippen molar-refractivity contribution in [1.82, 2.24) is 5.32 Å². The van der Waals surface area contributed by atoms with Crippen molar-refractivity contribution < 1.29 is 14.2 Å². The molecule has 0 aliphatic heterocycles. The molecule has 0 aliphatic carbocycles. The van der Waals surface area contributed by atoms with E-state index in [9.17, 15) is 9.50 Å². The summed E-state index contributed by atoms with van der Waals surface area (Å²) in [6.45, 7) is 0.296. The van der Waals surface area contributed by atoms with E-state index in [0.717, 1.165) is 5.56 Å². The molecule has 0 fully saturated rings. The SMILES string of the molecule is OC[C@@H](Oc1ccccc1)[C@H](NCc1ccccc1)c1ccccc1F. The fourth-order valence-corrected chi connectivity index (χ4v) is 2.88. The van der Waals surface area contributed by atoms with Crippen LogP contribution in [0.4, 0.5) is 4.39 Å². The van der Waals surface area contributed by atoms with Crippen molar-refractivity contribution >= 4 is 0 Å². The minimum Gasteiger partial charge on any atom is -0.486 e. The van der Waals surface area contributed by atoms with Gasteiger partial charge in [-0.2, -0.15) is 0 Å². The summed E-state index contributed by atoms with van der Waals surface area (Å²) < 4.78 is 20.4. The Bertz CT molecular complexity index is 796. The molecule has 3 nitrogen and oxygen atoms in total. The molecule has 4 heteroatoms. The molecule has 2 atom stereocenters. The van der Waals surface area contributed by atoms with Crippen LogP contribution in [0.15, 0.2) is 84.9 Å². The molecule has 26 heavy (non-hydrogen) atoms. The van der Waals surface area contributed by atoms with Gasteiger partial charge in [0.25, 0.3) is 0 Å². The fourth-order valence-electron chi connectivity index (χ4n) is 2.88. The molecule has 0 saturated heterocycles. The lowest BCUT2D eigenvalue weighted by Gasteiger charge is -2.28. The van der Waals surface area contributed by atoms with Crippen LogP contribution in [-0.4, -0.2) is 17.8 Å². The topological polar surface area (TPSA) is 41.5 Å². The highest BCUT2D eigenvalue weighted by Gasteiger charge is 2.26. The van der Waals surface area contributed by atoms with E-state index in [1.165, 1.54) is 6.07 Å². The third kappa shape index (κ3) is 4.69. The van der Waals surface area contributed by atoms with Gasteiger partial charge in [-0.3, -0.25) is 0 Å². The summed E-state index contributed by atoms with van der Waals surface area (Å²) in [6.07, 6.45) is -0.627. The predicted molar refractivity (Wildman–Crippen MR) is 100 cm³/mol. The van der Waals surface area contributed by atoms with Gasteiger partial charge in [-0.1, -0.05) is 66.7 Å². The van der Waals surface area contributed by atoms with Crippen LogP contribution in [0.1, 0.15) is 17.2 Å². The summed E-state index contributed by atoms with van der Waals surface area (Å²) in [5, 5.41) is 13.3. The maximum atomic E-state index is 14.4. The Hall–Kier alpha value is -2.69. The lowest BCUT2D eigenvalue weighted by molar-refractivity contribution is 0.0806. The van der Waals surface area contributed by atoms with Gasteiger partial charge in [0.1, 0.15) is 17.7 Å². The van der Waals surface area contributed by atoms with Crippen LogP contribution in [-0.2, 0) is 6.54 Å². The molecule has 0 radical (unpaired) electrons. The minimum absolute atomic E-state index is 0.240. The van der Waals surface area contributed by atoms with Crippen LogP contribution in [0.5, 0.6) is 5.75 Å². The van der Waals surface area contributed by atoms with E-state index in [1.54, 1.807) is 18.2 Å². The van der Waals surface area contributed by atoms with Crippen molar-refractivity contribution in [3.8, 4) is 5.75 Å². The van der Waals surface area contributed by atoms with Crippen molar-refractivity contribution in [3.63, 3.8) is 0 Å². The Balaban J connectivity index is 1.84. The average Bonchev–Trinajstić information content (AvgIpc) is 2.70. The standard InChI is InChI=1S/C22H22FNO2/c23-20-14-8-7-13-19(20)22(24-15-17-9-3-1-4-10-17)21(16-25)26-18-11-5-2-6-12-18/h1-14,21-22,24-25H,15-16H2/t21-,22-/m1/s1. The number of halogens is 1. The van der Waals surface area contributed by atoms with Gasteiger partial charge >= 0.3 is 0 Å². The van der Waals surface area contributed by atoms with Gasteiger partial charge in [0, 0.05) is 12.1 Å². The first-order valence-electron chi connectivity index (χ1n) is 8.62. The van der Waals surface area contributed by atoms with E-state index in [4.69, 9.17) is 4.74 Å². The monoisotopic (exact) mass is 351 g/mol. The van der Waals surface area contributed by atoms with Crippen molar-refractivity contribution in [2.45, 2.75) is 18.7 Å².